The monoisotopic (exact) mass is 408 g/mol. The van der Waals surface area contributed by atoms with Crippen LogP contribution in [0.25, 0.3) is 22.2 Å². The summed E-state index contributed by atoms with van der Waals surface area (Å²) in [6, 6.07) is 16.9. The van der Waals surface area contributed by atoms with Gasteiger partial charge in [0.2, 0.25) is 5.91 Å². The molecular formula is C24H28N2O2S. The van der Waals surface area contributed by atoms with Gasteiger partial charge in [-0.25, -0.2) is 4.98 Å². The van der Waals surface area contributed by atoms with Crippen molar-refractivity contribution in [1.82, 2.24) is 9.88 Å². The van der Waals surface area contributed by atoms with Crippen molar-refractivity contribution >= 4 is 28.6 Å². The Morgan fingerprint density at radius 1 is 1.17 bits per heavy atom. The van der Waals surface area contributed by atoms with E-state index in [1.165, 1.54) is 10.5 Å². The summed E-state index contributed by atoms with van der Waals surface area (Å²) in [4.78, 5) is 20.3. The lowest BCUT2D eigenvalue weighted by molar-refractivity contribution is -0.129. The molecule has 0 aliphatic heterocycles. The van der Waals surface area contributed by atoms with Crippen LogP contribution in [0.2, 0.25) is 0 Å². The van der Waals surface area contributed by atoms with Gasteiger partial charge in [-0.2, -0.15) is 0 Å². The van der Waals surface area contributed by atoms with Crippen molar-refractivity contribution in [2.24, 2.45) is 0 Å². The number of hydrogen-bond donors (Lipinski definition) is 0. The number of thioether (sulfide) groups is 1. The Balaban J connectivity index is 2.07. The summed E-state index contributed by atoms with van der Waals surface area (Å²) in [6.07, 6.45) is 2.88. The van der Waals surface area contributed by atoms with Crippen LogP contribution in [0.3, 0.4) is 0 Å². The third-order valence-electron chi connectivity index (χ3n) is 4.98. The molecule has 0 N–H and O–H groups in total. The number of benzene rings is 2. The number of carbonyl (C=O) groups excluding carboxylic acids is 1. The topological polar surface area (TPSA) is 42.4 Å². The molecule has 0 radical (unpaired) electrons. The fourth-order valence-electron chi connectivity index (χ4n) is 3.43. The summed E-state index contributed by atoms with van der Waals surface area (Å²) in [6.45, 7) is 5.55. The van der Waals surface area contributed by atoms with Gasteiger partial charge in [-0.3, -0.25) is 4.79 Å². The van der Waals surface area contributed by atoms with Gasteiger partial charge < -0.3 is 9.64 Å². The first kappa shape index (κ1) is 21.3. The van der Waals surface area contributed by atoms with E-state index < -0.39 is 0 Å². The smallest absolute Gasteiger partial charge is 0.219 e. The second-order valence-electron chi connectivity index (χ2n) is 7.21. The van der Waals surface area contributed by atoms with Gasteiger partial charge in [-0.05, 0) is 49.4 Å². The second kappa shape index (κ2) is 9.90. The molecule has 0 aliphatic carbocycles. The molecule has 1 amide bonds. The first-order valence-corrected chi connectivity index (χ1v) is 11.0. The van der Waals surface area contributed by atoms with Crippen LogP contribution in [-0.4, -0.2) is 42.3 Å². The first-order valence-electron chi connectivity index (χ1n) is 9.81. The Bertz CT molecular complexity index is 1000. The van der Waals surface area contributed by atoms with Crippen molar-refractivity contribution in [2.75, 3.05) is 26.5 Å². The van der Waals surface area contributed by atoms with Gasteiger partial charge in [0.1, 0.15) is 0 Å². The average molecular weight is 409 g/mol. The average Bonchev–Trinajstić information content (AvgIpc) is 2.72. The predicted octanol–water partition coefficient (Wildman–Crippen LogP) is 5.32. The first-order chi connectivity index (χ1) is 14.0. The van der Waals surface area contributed by atoms with Crippen LogP contribution < -0.4 is 0 Å². The van der Waals surface area contributed by atoms with Crippen LogP contribution in [0.5, 0.6) is 0 Å². The predicted molar refractivity (Wildman–Crippen MR) is 121 cm³/mol. The summed E-state index contributed by atoms with van der Waals surface area (Å²) >= 11 is 1.71. The molecule has 0 spiro atoms. The quantitative estimate of drug-likeness (QED) is 0.374. The highest BCUT2D eigenvalue weighted by Crippen LogP contribution is 2.29. The molecule has 152 valence electrons. The molecule has 0 bridgehead atoms. The number of hydrogen-bond acceptors (Lipinski definition) is 4. The summed E-state index contributed by atoms with van der Waals surface area (Å²) in [7, 11) is 1.68. The Kier molecular flexibility index (Phi) is 7.29. The van der Waals surface area contributed by atoms with E-state index in [9.17, 15) is 4.79 Å². The van der Waals surface area contributed by atoms with Gasteiger partial charge in [0.15, 0.2) is 0 Å². The second-order valence-corrected chi connectivity index (χ2v) is 8.09. The van der Waals surface area contributed by atoms with Crippen LogP contribution in [0.4, 0.5) is 0 Å². The lowest BCUT2D eigenvalue weighted by Crippen LogP contribution is -2.30. The van der Waals surface area contributed by atoms with E-state index in [0.29, 0.717) is 19.7 Å². The van der Waals surface area contributed by atoms with Crippen LogP contribution >= 0.6 is 11.8 Å². The highest BCUT2D eigenvalue weighted by atomic mass is 32.2. The van der Waals surface area contributed by atoms with Crippen molar-refractivity contribution in [3.63, 3.8) is 0 Å². The molecule has 2 aromatic carbocycles. The van der Waals surface area contributed by atoms with Crippen molar-refractivity contribution in [3.05, 3.63) is 59.7 Å². The molecule has 29 heavy (non-hydrogen) atoms. The minimum atomic E-state index is 0.0640. The highest BCUT2D eigenvalue weighted by molar-refractivity contribution is 7.98. The highest BCUT2D eigenvalue weighted by Gasteiger charge is 2.16. The minimum Gasteiger partial charge on any atom is -0.385 e. The van der Waals surface area contributed by atoms with E-state index in [0.717, 1.165) is 34.1 Å². The zero-order valence-electron chi connectivity index (χ0n) is 17.6. The molecule has 4 nitrogen and oxygen atoms in total. The molecular weight excluding hydrogens is 380 g/mol. The van der Waals surface area contributed by atoms with E-state index in [2.05, 4.69) is 61.7 Å². The molecule has 0 aliphatic rings. The third-order valence-corrected chi connectivity index (χ3v) is 5.70. The minimum absolute atomic E-state index is 0.0640. The van der Waals surface area contributed by atoms with E-state index in [4.69, 9.17) is 9.72 Å². The number of nitrogens with zero attached hydrogens (tertiary/aromatic N) is 2. The SMILES string of the molecule is COCCCN(Cc1cc2ccc(SC)cc2nc1-c1cccc(C)c1)C(C)=O. The Hall–Kier alpha value is -2.37. The lowest BCUT2D eigenvalue weighted by Gasteiger charge is -2.23. The van der Waals surface area contributed by atoms with E-state index in [-0.39, 0.29) is 5.91 Å². The Morgan fingerprint density at radius 3 is 2.69 bits per heavy atom. The molecule has 3 aromatic rings. The summed E-state index contributed by atoms with van der Waals surface area (Å²) in [5.41, 5.74) is 5.25. The normalized spacial score (nSPS) is 11.0. The number of pyridine rings is 1. The van der Waals surface area contributed by atoms with E-state index in [1.807, 2.05) is 4.90 Å². The molecule has 1 aromatic heterocycles. The molecule has 5 heteroatoms. The number of amides is 1. The summed E-state index contributed by atoms with van der Waals surface area (Å²) in [5.74, 6) is 0.0640. The molecule has 0 atom stereocenters. The number of ether oxygens (including phenoxy) is 1. The van der Waals surface area contributed by atoms with Gasteiger partial charge in [-0.15, -0.1) is 11.8 Å². The van der Waals surface area contributed by atoms with Crippen LogP contribution in [0.1, 0.15) is 24.5 Å². The maximum absolute atomic E-state index is 12.3. The maximum Gasteiger partial charge on any atom is 0.219 e. The Labute approximate surface area is 177 Å². The number of methoxy groups -OCH3 is 1. The van der Waals surface area contributed by atoms with Crippen molar-refractivity contribution in [3.8, 4) is 11.3 Å². The van der Waals surface area contributed by atoms with Crippen LogP contribution in [-0.2, 0) is 16.1 Å². The van der Waals surface area contributed by atoms with Crippen molar-refractivity contribution in [1.29, 1.82) is 0 Å². The lowest BCUT2D eigenvalue weighted by atomic mass is 10.0. The number of rotatable bonds is 8. The summed E-state index contributed by atoms with van der Waals surface area (Å²) < 4.78 is 5.16. The summed E-state index contributed by atoms with van der Waals surface area (Å²) in [5, 5.41) is 1.09. The fraction of sp³-hybridized carbons (Fsp3) is 0.333. The maximum atomic E-state index is 12.3. The molecule has 0 saturated heterocycles. The molecule has 1 heterocycles. The van der Waals surface area contributed by atoms with E-state index in [1.54, 1.807) is 25.8 Å². The van der Waals surface area contributed by atoms with E-state index >= 15 is 0 Å². The molecule has 3 rings (SSSR count). The third kappa shape index (κ3) is 5.37. The molecule has 0 fully saturated rings. The molecule has 0 unspecified atom stereocenters. The van der Waals surface area contributed by atoms with Gasteiger partial charge in [0.05, 0.1) is 11.2 Å². The van der Waals surface area contributed by atoms with Gasteiger partial charge in [0, 0.05) is 49.6 Å². The van der Waals surface area contributed by atoms with Gasteiger partial charge in [-0.1, -0.05) is 29.8 Å². The van der Waals surface area contributed by atoms with Crippen LogP contribution in [0, 0.1) is 6.92 Å². The Morgan fingerprint density at radius 2 is 2.00 bits per heavy atom. The molecule has 0 saturated carbocycles. The van der Waals surface area contributed by atoms with Gasteiger partial charge >= 0.3 is 0 Å². The fourth-order valence-corrected chi connectivity index (χ4v) is 3.87. The van der Waals surface area contributed by atoms with Crippen LogP contribution in [0.15, 0.2) is 53.4 Å². The number of aromatic nitrogens is 1. The van der Waals surface area contributed by atoms with Crippen molar-refractivity contribution < 1.29 is 9.53 Å². The number of fused-ring (bicyclic) bond motifs is 1. The number of carbonyl (C=O) groups is 1. The number of aryl methyl sites for hydroxylation is 1. The standard InChI is InChI=1S/C24H28N2O2S/c1-17-7-5-8-20(13-17)24-21(16-26(18(2)27)11-6-12-28-3)14-19-9-10-22(29-4)15-23(19)25-24/h5,7-10,13-15H,6,11-12,16H2,1-4H3. The zero-order chi connectivity index (χ0) is 20.8. The van der Waals surface area contributed by atoms with Crippen molar-refractivity contribution in [2.45, 2.75) is 31.7 Å². The largest absolute Gasteiger partial charge is 0.385 e. The van der Waals surface area contributed by atoms with Gasteiger partial charge in [0.25, 0.3) is 0 Å². The zero-order valence-corrected chi connectivity index (χ0v) is 18.4.